The zero-order valence-electron chi connectivity index (χ0n) is 11.4. The number of carboxylic acid groups (broad SMARTS) is 1. The molecule has 4 nitrogen and oxygen atoms in total. The van der Waals surface area contributed by atoms with E-state index >= 15 is 0 Å². The fourth-order valence-electron chi connectivity index (χ4n) is 1.94. The largest absolute Gasteiger partial charge is 0.550 e. The summed E-state index contributed by atoms with van der Waals surface area (Å²) in [6.07, 6.45) is 5.34. The number of unbranched alkanes of at least 4 members (excludes halogenated alkanes) is 2. The molecule has 0 saturated carbocycles. The minimum Gasteiger partial charge on any atom is -0.550 e. The highest BCUT2D eigenvalue weighted by atomic mass is 16.4. The lowest BCUT2D eigenvalue weighted by Crippen LogP contribution is -2.37. The number of hydrogen-bond donors (Lipinski definition) is 1. The summed E-state index contributed by atoms with van der Waals surface area (Å²) in [4.78, 5) is 22.6. The molecule has 0 aliphatic heterocycles. The molecular formula is C14H24NO3-. The van der Waals surface area contributed by atoms with Crippen molar-refractivity contribution in [2.24, 2.45) is 11.8 Å². The van der Waals surface area contributed by atoms with Gasteiger partial charge in [-0.25, -0.2) is 0 Å². The Labute approximate surface area is 109 Å². The lowest BCUT2D eigenvalue weighted by atomic mass is 9.86. The van der Waals surface area contributed by atoms with E-state index in [9.17, 15) is 14.7 Å². The smallest absolute Gasteiger partial charge is 0.220 e. The first-order chi connectivity index (χ1) is 8.52. The van der Waals surface area contributed by atoms with Crippen LogP contribution in [-0.2, 0) is 9.59 Å². The Kier molecular flexibility index (Phi) is 8.97. The third-order valence-electron chi connectivity index (χ3n) is 3.06. The highest BCUT2D eigenvalue weighted by Gasteiger charge is 2.20. The van der Waals surface area contributed by atoms with Gasteiger partial charge in [-0.05, 0) is 12.3 Å². The molecule has 1 amide bonds. The predicted octanol–water partition coefficient (Wildman–Crippen LogP) is 1.26. The van der Waals surface area contributed by atoms with Gasteiger partial charge in [-0.15, -0.1) is 6.58 Å². The maximum Gasteiger partial charge on any atom is 0.220 e. The van der Waals surface area contributed by atoms with Crippen LogP contribution in [0.5, 0.6) is 0 Å². The summed E-state index contributed by atoms with van der Waals surface area (Å²) in [5, 5.41) is 13.7. The Morgan fingerprint density at radius 2 is 2.06 bits per heavy atom. The maximum absolute atomic E-state index is 11.5. The van der Waals surface area contributed by atoms with Crippen LogP contribution in [0.3, 0.4) is 0 Å². The van der Waals surface area contributed by atoms with Crippen molar-refractivity contribution in [1.29, 1.82) is 0 Å². The molecule has 0 fully saturated rings. The van der Waals surface area contributed by atoms with Gasteiger partial charge in [0.15, 0.2) is 0 Å². The second-order valence-corrected chi connectivity index (χ2v) is 4.70. The molecule has 0 aromatic carbocycles. The molecule has 1 N–H and O–H groups in total. The molecule has 0 saturated heterocycles. The van der Waals surface area contributed by atoms with Gasteiger partial charge in [0.2, 0.25) is 5.91 Å². The first kappa shape index (κ1) is 16.7. The van der Waals surface area contributed by atoms with E-state index in [1.54, 1.807) is 13.0 Å². The fourth-order valence-corrected chi connectivity index (χ4v) is 1.94. The van der Waals surface area contributed by atoms with Crippen molar-refractivity contribution >= 4 is 11.9 Å². The van der Waals surface area contributed by atoms with Crippen LogP contribution in [0.25, 0.3) is 0 Å². The lowest BCUT2D eigenvalue weighted by molar-refractivity contribution is -0.313. The van der Waals surface area contributed by atoms with Gasteiger partial charge in [0.25, 0.3) is 0 Å². The highest BCUT2D eigenvalue weighted by molar-refractivity contribution is 5.77. The Bertz CT molecular complexity index is 276. The third kappa shape index (κ3) is 7.09. The molecule has 0 radical (unpaired) electrons. The lowest BCUT2D eigenvalue weighted by Gasteiger charge is -2.24. The van der Waals surface area contributed by atoms with Crippen molar-refractivity contribution in [1.82, 2.24) is 5.32 Å². The number of hydrogen-bond acceptors (Lipinski definition) is 3. The molecule has 2 atom stereocenters. The average Bonchev–Trinajstić information content (AvgIpc) is 2.31. The molecule has 0 rings (SSSR count). The molecule has 0 aliphatic rings. The van der Waals surface area contributed by atoms with Crippen LogP contribution in [0.4, 0.5) is 0 Å². The van der Waals surface area contributed by atoms with Crippen LogP contribution >= 0.6 is 0 Å². The van der Waals surface area contributed by atoms with Crippen LogP contribution < -0.4 is 10.4 Å². The molecule has 0 aliphatic carbocycles. The Balaban J connectivity index is 4.20. The molecular weight excluding hydrogens is 230 g/mol. The van der Waals surface area contributed by atoms with Gasteiger partial charge in [-0.3, -0.25) is 4.79 Å². The monoisotopic (exact) mass is 254 g/mol. The number of carbonyl (C=O) groups excluding carboxylic acids is 2. The standard InChI is InChI=1S/C14H25NO3/c1-4-6-7-8-12(14(17)18)11(3)10-13(16)15-9-5-2/h5,11-12H,2,4,6-10H2,1,3H3,(H,15,16)(H,17,18)/p-1/t11-,12-/m0/s1. The zero-order chi connectivity index (χ0) is 14.0. The van der Waals surface area contributed by atoms with Gasteiger partial charge in [0, 0.05) is 24.9 Å². The van der Waals surface area contributed by atoms with Crippen molar-refractivity contribution in [3.8, 4) is 0 Å². The Morgan fingerprint density at radius 3 is 2.56 bits per heavy atom. The zero-order valence-corrected chi connectivity index (χ0v) is 11.4. The van der Waals surface area contributed by atoms with Gasteiger partial charge < -0.3 is 15.2 Å². The molecule has 0 aromatic rings. The van der Waals surface area contributed by atoms with E-state index in [-0.39, 0.29) is 18.2 Å². The number of carbonyl (C=O) groups is 2. The SMILES string of the molecule is C=CCNC(=O)C[C@H](C)[C@H](CCCCC)C(=O)[O-]. The van der Waals surface area contributed by atoms with E-state index in [0.717, 1.165) is 19.3 Å². The Hall–Kier alpha value is -1.32. The molecule has 4 heteroatoms. The van der Waals surface area contributed by atoms with Crippen LogP contribution in [-0.4, -0.2) is 18.4 Å². The number of carboxylic acids is 1. The quantitative estimate of drug-likeness (QED) is 0.471. The van der Waals surface area contributed by atoms with Gasteiger partial charge >= 0.3 is 0 Å². The van der Waals surface area contributed by atoms with E-state index in [1.165, 1.54) is 0 Å². The third-order valence-corrected chi connectivity index (χ3v) is 3.06. The summed E-state index contributed by atoms with van der Waals surface area (Å²) >= 11 is 0. The minimum absolute atomic E-state index is 0.135. The summed E-state index contributed by atoms with van der Waals surface area (Å²) in [5.74, 6) is -1.91. The summed E-state index contributed by atoms with van der Waals surface area (Å²) < 4.78 is 0. The minimum atomic E-state index is -1.05. The summed E-state index contributed by atoms with van der Waals surface area (Å²) in [6, 6.07) is 0. The number of rotatable bonds is 10. The van der Waals surface area contributed by atoms with Crippen molar-refractivity contribution < 1.29 is 14.7 Å². The molecule has 0 spiro atoms. The van der Waals surface area contributed by atoms with Crippen molar-refractivity contribution in [2.45, 2.75) is 46.0 Å². The van der Waals surface area contributed by atoms with Crippen LogP contribution in [0.1, 0.15) is 46.0 Å². The Morgan fingerprint density at radius 1 is 1.39 bits per heavy atom. The number of nitrogens with one attached hydrogen (secondary N) is 1. The van der Waals surface area contributed by atoms with Crippen molar-refractivity contribution in [3.05, 3.63) is 12.7 Å². The predicted molar refractivity (Wildman–Crippen MR) is 69.6 cm³/mol. The fraction of sp³-hybridized carbons (Fsp3) is 0.714. The van der Waals surface area contributed by atoms with Gasteiger partial charge in [-0.1, -0.05) is 39.2 Å². The van der Waals surface area contributed by atoms with E-state index in [0.29, 0.717) is 13.0 Å². The molecule has 104 valence electrons. The first-order valence-electron chi connectivity index (χ1n) is 6.61. The normalized spacial score (nSPS) is 13.7. The van der Waals surface area contributed by atoms with Crippen molar-refractivity contribution in [3.63, 3.8) is 0 Å². The van der Waals surface area contributed by atoms with E-state index in [4.69, 9.17) is 0 Å². The van der Waals surface area contributed by atoms with Crippen LogP contribution in [0, 0.1) is 11.8 Å². The van der Waals surface area contributed by atoms with Gasteiger partial charge in [0.05, 0.1) is 0 Å². The molecule has 0 aromatic heterocycles. The molecule has 18 heavy (non-hydrogen) atoms. The summed E-state index contributed by atoms with van der Waals surface area (Å²) in [5.41, 5.74) is 0. The topological polar surface area (TPSA) is 69.2 Å². The average molecular weight is 254 g/mol. The van der Waals surface area contributed by atoms with E-state index in [2.05, 4.69) is 18.8 Å². The van der Waals surface area contributed by atoms with Gasteiger partial charge in [0.1, 0.15) is 0 Å². The van der Waals surface area contributed by atoms with E-state index in [1.807, 2.05) is 0 Å². The molecule has 0 bridgehead atoms. The molecule has 0 heterocycles. The molecule has 0 unspecified atom stereocenters. The highest BCUT2D eigenvalue weighted by Crippen LogP contribution is 2.21. The second kappa shape index (κ2) is 9.68. The maximum atomic E-state index is 11.5. The number of amides is 1. The summed E-state index contributed by atoms with van der Waals surface area (Å²) in [7, 11) is 0. The number of aliphatic carboxylic acids is 1. The second-order valence-electron chi connectivity index (χ2n) is 4.70. The van der Waals surface area contributed by atoms with Crippen molar-refractivity contribution in [2.75, 3.05) is 6.54 Å². The van der Waals surface area contributed by atoms with Gasteiger partial charge in [-0.2, -0.15) is 0 Å². The summed E-state index contributed by atoms with van der Waals surface area (Å²) in [6.45, 7) is 7.78. The van der Waals surface area contributed by atoms with Crippen LogP contribution in [0.15, 0.2) is 12.7 Å². The van der Waals surface area contributed by atoms with E-state index < -0.39 is 11.9 Å². The van der Waals surface area contributed by atoms with Crippen LogP contribution in [0.2, 0.25) is 0 Å². The first-order valence-corrected chi connectivity index (χ1v) is 6.61.